The summed E-state index contributed by atoms with van der Waals surface area (Å²) >= 11 is 0. The fourth-order valence-corrected chi connectivity index (χ4v) is 1.47. The van der Waals surface area contributed by atoms with Gasteiger partial charge >= 0.3 is 5.97 Å². The lowest BCUT2D eigenvalue weighted by molar-refractivity contribution is 0.0594. The standard InChI is InChI=1S/C11H12N4O2/c1-7-3-9(12)14-10(4-7)15-5-8(13-6-15)11(16)17-2/h3-6H,1-2H3,(H2,12,14). The number of hydrogen-bond donors (Lipinski definition) is 1. The predicted octanol–water partition coefficient (Wildman–Crippen LogP) is 0.945. The van der Waals surface area contributed by atoms with Crippen LogP contribution >= 0.6 is 0 Å². The maximum atomic E-state index is 11.2. The molecule has 2 aromatic rings. The van der Waals surface area contributed by atoms with Gasteiger partial charge in [0.15, 0.2) is 5.69 Å². The summed E-state index contributed by atoms with van der Waals surface area (Å²) < 4.78 is 6.19. The van der Waals surface area contributed by atoms with Crippen LogP contribution in [-0.2, 0) is 4.74 Å². The highest BCUT2D eigenvalue weighted by molar-refractivity contribution is 5.86. The molecule has 0 saturated heterocycles. The number of pyridine rings is 1. The third-order valence-corrected chi connectivity index (χ3v) is 2.22. The maximum Gasteiger partial charge on any atom is 0.358 e. The van der Waals surface area contributed by atoms with Gasteiger partial charge in [0.05, 0.1) is 7.11 Å². The number of carbonyl (C=O) groups excluding carboxylic acids is 1. The van der Waals surface area contributed by atoms with Gasteiger partial charge in [-0.15, -0.1) is 0 Å². The van der Waals surface area contributed by atoms with Crippen molar-refractivity contribution in [1.29, 1.82) is 0 Å². The molecule has 0 fully saturated rings. The minimum Gasteiger partial charge on any atom is -0.464 e. The van der Waals surface area contributed by atoms with E-state index in [1.54, 1.807) is 16.8 Å². The summed E-state index contributed by atoms with van der Waals surface area (Å²) in [6.07, 6.45) is 3.04. The Kier molecular flexibility index (Phi) is 2.78. The zero-order chi connectivity index (χ0) is 12.4. The molecule has 0 unspecified atom stereocenters. The summed E-state index contributed by atoms with van der Waals surface area (Å²) in [5.41, 5.74) is 6.87. The van der Waals surface area contributed by atoms with E-state index in [0.29, 0.717) is 11.6 Å². The highest BCUT2D eigenvalue weighted by atomic mass is 16.5. The monoisotopic (exact) mass is 232 g/mol. The van der Waals surface area contributed by atoms with Crippen molar-refractivity contribution in [2.75, 3.05) is 12.8 Å². The lowest BCUT2D eigenvalue weighted by atomic mass is 10.3. The van der Waals surface area contributed by atoms with Crippen LogP contribution in [0.15, 0.2) is 24.7 Å². The number of hydrogen-bond acceptors (Lipinski definition) is 5. The van der Waals surface area contributed by atoms with Gasteiger partial charge < -0.3 is 10.5 Å². The second-order valence-corrected chi connectivity index (χ2v) is 3.59. The van der Waals surface area contributed by atoms with Gasteiger partial charge in [-0.25, -0.2) is 14.8 Å². The molecular weight excluding hydrogens is 220 g/mol. The van der Waals surface area contributed by atoms with Crippen molar-refractivity contribution in [2.45, 2.75) is 6.92 Å². The van der Waals surface area contributed by atoms with Crippen molar-refractivity contribution in [1.82, 2.24) is 14.5 Å². The Morgan fingerprint density at radius 3 is 2.88 bits per heavy atom. The van der Waals surface area contributed by atoms with Gasteiger partial charge in [0, 0.05) is 6.20 Å². The maximum absolute atomic E-state index is 11.2. The van der Waals surface area contributed by atoms with Crippen LogP contribution in [0.1, 0.15) is 16.1 Å². The molecule has 6 heteroatoms. The zero-order valence-corrected chi connectivity index (χ0v) is 9.54. The number of methoxy groups -OCH3 is 1. The second-order valence-electron chi connectivity index (χ2n) is 3.59. The van der Waals surface area contributed by atoms with E-state index in [1.165, 1.54) is 13.4 Å². The van der Waals surface area contributed by atoms with E-state index in [0.717, 1.165) is 5.56 Å². The van der Waals surface area contributed by atoms with Crippen molar-refractivity contribution in [3.05, 3.63) is 35.9 Å². The van der Waals surface area contributed by atoms with Crippen LogP contribution < -0.4 is 5.73 Å². The van der Waals surface area contributed by atoms with Gasteiger partial charge in [-0.1, -0.05) is 0 Å². The van der Waals surface area contributed by atoms with Gasteiger partial charge in [-0.3, -0.25) is 4.57 Å². The lowest BCUT2D eigenvalue weighted by Crippen LogP contribution is -2.02. The number of esters is 1. The summed E-state index contributed by atoms with van der Waals surface area (Å²) in [6.45, 7) is 1.92. The minimum absolute atomic E-state index is 0.231. The third-order valence-electron chi connectivity index (χ3n) is 2.22. The first-order valence-corrected chi connectivity index (χ1v) is 4.97. The Bertz CT molecular complexity index is 542. The van der Waals surface area contributed by atoms with Gasteiger partial charge in [0.25, 0.3) is 0 Å². The molecule has 2 heterocycles. The molecule has 6 nitrogen and oxygen atoms in total. The Hall–Kier alpha value is -2.37. The Morgan fingerprint density at radius 2 is 2.24 bits per heavy atom. The van der Waals surface area contributed by atoms with E-state index in [9.17, 15) is 4.79 Å². The van der Waals surface area contributed by atoms with Crippen molar-refractivity contribution in [3.63, 3.8) is 0 Å². The molecule has 17 heavy (non-hydrogen) atoms. The van der Waals surface area contributed by atoms with Crippen LogP contribution in [0.4, 0.5) is 5.82 Å². The number of imidazole rings is 1. The number of nitrogens with zero attached hydrogens (tertiary/aromatic N) is 3. The summed E-state index contributed by atoms with van der Waals surface area (Å²) in [6, 6.07) is 3.61. The molecule has 0 aliphatic heterocycles. The first-order chi connectivity index (χ1) is 8.10. The largest absolute Gasteiger partial charge is 0.464 e. The molecule has 2 aromatic heterocycles. The van der Waals surface area contributed by atoms with Gasteiger partial charge in [-0.2, -0.15) is 0 Å². The number of carbonyl (C=O) groups is 1. The molecule has 2 rings (SSSR count). The molecule has 0 aliphatic rings. The Balaban J connectivity index is 2.40. The van der Waals surface area contributed by atoms with Crippen LogP contribution in [0.3, 0.4) is 0 Å². The van der Waals surface area contributed by atoms with Crippen LogP contribution in [0, 0.1) is 6.92 Å². The number of anilines is 1. The topological polar surface area (TPSA) is 83.0 Å². The highest BCUT2D eigenvalue weighted by Gasteiger charge is 2.10. The molecule has 0 bridgehead atoms. The summed E-state index contributed by atoms with van der Waals surface area (Å²) in [5, 5.41) is 0. The van der Waals surface area contributed by atoms with E-state index >= 15 is 0 Å². The fraction of sp³-hybridized carbons (Fsp3) is 0.182. The van der Waals surface area contributed by atoms with Gasteiger partial charge in [0.2, 0.25) is 0 Å². The molecule has 0 spiro atoms. The molecule has 2 N–H and O–H groups in total. The number of ether oxygens (including phenoxy) is 1. The molecule has 88 valence electrons. The lowest BCUT2D eigenvalue weighted by Gasteiger charge is -2.03. The van der Waals surface area contributed by atoms with Crippen molar-refractivity contribution < 1.29 is 9.53 Å². The van der Waals surface area contributed by atoms with E-state index < -0.39 is 5.97 Å². The smallest absolute Gasteiger partial charge is 0.358 e. The average molecular weight is 232 g/mol. The van der Waals surface area contributed by atoms with Crippen molar-refractivity contribution >= 4 is 11.8 Å². The van der Waals surface area contributed by atoms with Crippen molar-refractivity contribution in [2.24, 2.45) is 0 Å². The van der Waals surface area contributed by atoms with Gasteiger partial charge in [0.1, 0.15) is 18.0 Å². The molecule has 0 aromatic carbocycles. The number of rotatable bonds is 2. The number of nitrogen functional groups attached to an aromatic ring is 1. The predicted molar refractivity (Wildman–Crippen MR) is 61.8 cm³/mol. The molecule has 0 aliphatic carbocycles. The Labute approximate surface area is 98.1 Å². The quantitative estimate of drug-likeness (QED) is 0.779. The summed E-state index contributed by atoms with van der Waals surface area (Å²) in [4.78, 5) is 19.3. The van der Waals surface area contributed by atoms with Crippen LogP contribution in [0.2, 0.25) is 0 Å². The SMILES string of the molecule is COC(=O)c1cn(-c2cc(C)cc(N)n2)cn1. The van der Waals surface area contributed by atoms with Crippen molar-refractivity contribution in [3.8, 4) is 5.82 Å². The summed E-state index contributed by atoms with van der Waals surface area (Å²) in [5.74, 6) is 0.558. The van der Waals surface area contributed by atoms with Gasteiger partial charge in [-0.05, 0) is 24.6 Å². The van der Waals surface area contributed by atoms with E-state index in [4.69, 9.17) is 5.73 Å². The van der Waals surface area contributed by atoms with E-state index in [2.05, 4.69) is 14.7 Å². The fourth-order valence-electron chi connectivity index (χ4n) is 1.47. The van der Waals surface area contributed by atoms with Crippen LogP contribution in [0.25, 0.3) is 5.82 Å². The third kappa shape index (κ3) is 2.25. The minimum atomic E-state index is -0.482. The molecule has 0 atom stereocenters. The van der Waals surface area contributed by atoms with Crippen LogP contribution in [-0.4, -0.2) is 27.6 Å². The number of aromatic nitrogens is 3. The average Bonchev–Trinajstić information content (AvgIpc) is 2.76. The first kappa shape index (κ1) is 11.1. The molecular formula is C11H12N4O2. The second kappa shape index (κ2) is 4.25. The first-order valence-electron chi connectivity index (χ1n) is 4.97. The molecule has 0 amide bonds. The highest BCUT2D eigenvalue weighted by Crippen LogP contribution is 2.11. The molecule has 0 radical (unpaired) electrons. The number of aryl methyl sites for hydroxylation is 1. The van der Waals surface area contributed by atoms with E-state index in [1.807, 2.05) is 13.0 Å². The number of nitrogens with two attached hydrogens (primary N) is 1. The Morgan fingerprint density at radius 1 is 1.47 bits per heavy atom. The normalized spacial score (nSPS) is 10.2. The summed E-state index contributed by atoms with van der Waals surface area (Å²) in [7, 11) is 1.31. The molecule has 0 saturated carbocycles. The van der Waals surface area contributed by atoms with Crippen LogP contribution in [0.5, 0.6) is 0 Å². The van der Waals surface area contributed by atoms with E-state index in [-0.39, 0.29) is 5.69 Å². The zero-order valence-electron chi connectivity index (χ0n) is 9.54.